The van der Waals surface area contributed by atoms with E-state index in [1.807, 2.05) is 70.2 Å². The Labute approximate surface area is 202 Å². The molecule has 1 atom stereocenters. The van der Waals surface area contributed by atoms with E-state index in [4.69, 9.17) is 9.72 Å². The lowest BCUT2D eigenvalue weighted by atomic mass is 9.95. The molecule has 1 heterocycles. The molecule has 0 fully saturated rings. The van der Waals surface area contributed by atoms with Crippen LogP contribution in [0.5, 0.6) is 5.75 Å². The lowest BCUT2D eigenvalue weighted by Gasteiger charge is -2.21. The minimum Gasteiger partial charge on any atom is -0.490 e. The maximum Gasteiger partial charge on any atom is 0.282 e. The highest BCUT2D eigenvalue weighted by atomic mass is 79.9. The number of hydrogen-bond acceptors (Lipinski definition) is 4. The van der Waals surface area contributed by atoms with Crippen LogP contribution in [-0.2, 0) is 5.41 Å². The first-order valence-electron chi connectivity index (χ1n) is 11.1. The van der Waals surface area contributed by atoms with Crippen molar-refractivity contribution >= 4 is 43.8 Å². The number of aromatic nitrogens is 2. The first-order valence-corrected chi connectivity index (χ1v) is 11.9. The van der Waals surface area contributed by atoms with Gasteiger partial charge in [-0.15, -0.1) is 0 Å². The second-order valence-corrected chi connectivity index (χ2v) is 10.2. The Morgan fingerprint density at radius 3 is 2.61 bits per heavy atom. The van der Waals surface area contributed by atoms with E-state index in [0.717, 1.165) is 33.0 Å². The first-order chi connectivity index (χ1) is 15.7. The van der Waals surface area contributed by atoms with Gasteiger partial charge in [0.2, 0.25) is 0 Å². The van der Waals surface area contributed by atoms with Crippen LogP contribution in [0.2, 0.25) is 0 Å². The highest BCUT2D eigenvalue weighted by Gasteiger charge is 2.23. The average molecular weight is 506 g/mol. The van der Waals surface area contributed by atoms with Crippen molar-refractivity contribution in [1.29, 1.82) is 0 Å². The number of ether oxygens (including phenoxy) is 1. The zero-order valence-corrected chi connectivity index (χ0v) is 21.2. The van der Waals surface area contributed by atoms with Crippen LogP contribution in [0.25, 0.3) is 21.7 Å². The van der Waals surface area contributed by atoms with E-state index < -0.39 is 0 Å². The van der Waals surface area contributed by atoms with Gasteiger partial charge in [-0.05, 0) is 48.4 Å². The van der Waals surface area contributed by atoms with E-state index >= 15 is 0 Å². The van der Waals surface area contributed by atoms with Crippen molar-refractivity contribution in [1.82, 2.24) is 9.66 Å². The van der Waals surface area contributed by atoms with Gasteiger partial charge in [0.05, 0.1) is 23.2 Å². The molecule has 170 valence electrons. The Hall–Kier alpha value is -2.99. The maximum absolute atomic E-state index is 13.5. The van der Waals surface area contributed by atoms with Crippen molar-refractivity contribution in [3.8, 4) is 5.75 Å². The number of benzene rings is 3. The summed E-state index contributed by atoms with van der Waals surface area (Å²) in [6.45, 7) is 10.2. The van der Waals surface area contributed by atoms with E-state index in [-0.39, 0.29) is 17.1 Å². The van der Waals surface area contributed by atoms with Gasteiger partial charge in [0.15, 0.2) is 0 Å². The summed E-state index contributed by atoms with van der Waals surface area (Å²) in [6, 6.07) is 17.7. The topological polar surface area (TPSA) is 56.5 Å². The van der Waals surface area contributed by atoms with Gasteiger partial charge >= 0.3 is 0 Å². The predicted molar refractivity (Wildman–Crippen MR) is 140 cm³/mol. The first kappa shape index (κ1) is 23.2. The fourth-order valence-electron chi connectivity index (χ4n) is 3.67. The lowest BCUT2D eigenvalue weighted by Crippen LogP contribution is -2.29. The van der Waals surface area contributed by atoms with Crippen LogP contribution in [0.15, 0.2) is 69.0 Å². The van der Waals surface area contributed by atoms with Gasteiger partial charge in [0, 0.05) is 15.5 Å². The molecule has 0 aliphatic carbocycles. The summed E-state index contributed by atoms with van der Waals surface area (Å²) in [6.07, 6.45) is 2.67. The van der Waals surface area contributed by atoms with Crippen molar-refractivity contribution in [3.05, 3.63) is 80.8 Å². The summed E-state index contributed by atoms with van der Waals surface area (Å²) in [5, 5.41) is 7.30. The minimum absolute atomic E-state index is 0.0610. The minimum atomic E-state index is -0.382. The largest absolute Gasteiger partial charge is 0.490 e. The predicted octanol–water partition coefficient (Wildman–Crippen LogP) is 6.67. The maximum atomic E-state index is 13.5. The molecule has 0 aliphatic rings. The monoisotopic (exact) mass is 505 g/mol. The van der Waals surface area contributed by atoms with Crippen molar-refractivity contribution in [2.45, 2.75) is 52.6 Å². The highest BCUT2D eigenvalue weighted by Crippen LogP contribution is 2.28. The SMILES string of the molecule is CC[C@H](C)Oc1ccc2ccccc2c1C=Nn1c(C(C)(C)C)nc2ccc(Br)cc2c1=O. The molecule has 0 radical (unpaired) electrons. The third-order valence-corrected chi connectivity index (χ3v) is 6.11. The fraction of sp³-hybridized carbons (Fsp3) is 0.296. The number of rotatable bonds is 5. The molecule has 1 aromatic heterocycles. The van der Waals surface area contributed by atoms with Crippen LogP contribution < -0.4 is 10.3 Å². The van der Waals surface area contributed by atoms with Crippen molar-refractivity contribution < 1.29 is 4.74 Å². The van der Waals surface area contributed by atoms with Crippen LogP contribution in [-0.4, -0.2) is 22.0 Å². The van der Waals surface area contributed by atoms with Crippen molar-refractivity contribution in [3.63, 3.8) is 0 Å². The van der Waals surface area contributed by atoms with Gasteiger partial charge < -0.3 is 4.74 Å². The van der Waals surface area contributed by atoms with E-state index in [1.165, 1.54) is 4.68 Å². The molecule has 4 rings (SSSR count). The number of nitrogens with zero attached hydrogens (tertiary/aromatic N) is 3. The average Bonchev–Trinajstić information content (AvgIpc) is 2.78. The molecule has 3 aromatic carbocycles. The summed E-state index contributed by atoms with van der Waals surface area (Å²) in [7, 11) is 0. The summed E-state index contributed by atoms with van der Waals surface area (Å²) in [5.41, 5.74) is 0.916. The summed E-state index contributed by atoms with van der Waals surface area (Å²) < 4.78 is 8.45. The molecule has 0 aliphatic heterocycles. The Balaban J connectivity index is 1.96. The number of hydrogen-bond donors (Lipinski definition) is 0. The van der Waals surface area contributed by atoms with Gasteiger partial charge in [-0.2, -0.15) is 9.78 Å². The van der Waals surface area contributed by atoms with E-state index in [2.05, 4.69) is 34.0 Å². The lowest BCUT2D eigenvalue weighted by molar-refractivity contribution is 0.217. The normalized spacial score (nSPS) is 13.2. The van der Waals surface area contributed by atoms with Gasteiger partial charge in [-0.25, -0.2) is 4.98 Å². The van der Waals surface area contributed by atoms with Crippen LogP contribution in [0, 0.1) is 0 Å². The zero-order chi connectivity index (χ0) is 23.8. The Morgan fingerprint density at radius 2 is 1.88 bits per heavy atom. The second-order valence-electron chi connectivity index (χ2n) is 9.24. The Morgan fingerprint density at radius 1 is 1.12 bits per heavy atom. The molecule has 0 N–H and O–H groups in total. The Bertz CT molecular complexity index is 1420. The molecule has 0 saturated heterocycles. The van der Waals surface area contributed by atoms with Crippen LogP contribution >= 0.6 is 15.9 Å². The zero-order valence-electron chi connectivity index (χ0n) is 19.6. The molecular formula is C27H28BrN3O2. The van der Waals surface area contributed by atoms with Gasteiger partial charge in [0.25, 0.3) is 5.56 Å². The van der Waals surface area contributed by atoms with Crippen LogP contribution in [0.3, 0.4) is 0 Å². The smallest absolute Gasteiger partial charge is 0.282 e. The van der Waals surface area contributed by atoms with E-state index in [1.54, 1.807) is 12.3 Å². The number of fused-ring (bicyclic) bond motifs is 2. The molecule has 0 unspecified atom stereocenters. The quantitative estimate of drug-likeness (QED) is 0.284. The fourth-order valence-corrected chi connectivity index (χ4v) is 4.03. The molecule has 6 heteroatoms. The number of halogens is 1. The highest BCUT2D eigenvalue weighted by molar-refractivity contribution is 9.10. The van der Waals surface area contributed by atoms with Gasteiger partial charge in [0.1, 0.15) is 11.6 Å². The molecule has 5 nitrogen and oxygen atoms in total. The molecule has 4 aromatic rings. The summed E-state index contributed by atoms with van der Waals surface area (Å²) in [5.74, 6) is 1.34. The third-order valence-electron chi connectivity index (χ3n) is 5.62. The van der Waals surface area contributed by atoms with Crippen LogP contribution in [0.1, 0.15) is 52.4 Å². The summed E-state index contributed by atoms with van der Waals surface area (Å²) in [4.78, 5) is 18.3. The molecule has 0 saturated carbocycles. The van der Waals surface area contributed by atoms with E-state index in [0.29, 0.717) is 16.7 Å². The molecule has 0 spiro atoms. The molecular weight excluding hydrogens is 478 g/mol. The molecule has 0 bridgehead atoms. The summed E-state index contributed by atoms with van der Waals surface area (Å²) >= 11 is 3.46. The van der Waals surface area contributed by atoms with Gasteiger partial charge in [-0.1, -0.05) is 74.0 Å². The molecule has 0 amide bonds. The van der Waals surface area contributed by atoms with Gasteiger partial charge in [-0.3, -0.25) is 4.79 Å². The van der Waals surface area contributed by atoms with E-state index in [9.17, 15) is 4.79 Å². The van der Waals surface area contributed by atoms with Crippen molar-refractivity contribution in [2.24, 2.45) is 5.10 Å². The van der Waals surface area contributed by atoms with Crippen LogP contribution in [0.4, 0.5) is 0 Å². The third kappa shape index (κ3) is 4.71. The second kappa shape index (κ2) is 9.10. The molecule has 33 heavy (non-hydrogen) atoms. The van der Waals surface area contributed by atoms with Crippen molar-refractivity contribution in [2.75, 3.05) is 0 Å². The Kier molecular flexibility index (Phi) is 6.39. The standard InChI is InChI=1S/C27H28BrN3O2/c1-6-17(2)33-24-14-11-18-9-7-8-10-20(18)22(24)16-29-31-25(32)21-15-19(28)12-13-23(21)30-26(31)27(3,4)5/h7-17H,6H2,1-5H3/t17-/m0/s1.